The molecule has 4 rings (SSSR count). The van der Waals surface area contributed by atoms with Gasteiger partial charge in [0.25, 0.3) is 11.8 Å². The molecule has 0 atom stereocenters. The molecule has 1 fully saturated rings. The third-order valence-electron chi connectivity index (χ3n) is 6.30. The number of carbonyl (C=O) groups is 2. The summed E-state index contributed by atoms with van der Waals surface area (Å²) in [6.07, 6.45) is 0.602. The van der Waals surface area contributed by atoms with E-state index in [1.54, 1.807) is 0 Å². The number of halogens is 1. The number of carbonyl (C=O) groups excluding carboxylic acids is 2. The zero-order chi connectivity index (χ0) is 22.1. The van der Waals surface area contributed by atoms with Crippen molar-refractivity contribution < 1.29 is 9.59 Å². The van der Waals surface area contributed by atoms with Gasteiger partial charge in [0.05, 0.1) is 5.57 Å². The predicted octanol–water partition coefficient (Wildman–Crippen LogP) is 3.53. The van der Waals surface area contributed by atoms with Crippen LogP contribution in [0, 0.1) is 13.8 Å². The molecule has 1 saturated heterocycles. The normalized spacial score (nSPS) is 17.8. The van der Waals surface area contributed by atoms with Gasteiger partial charge in [-0.3, -0.25) is 14.5 Å². The maximum atomic E-state index is 13.5. The van der Waals surface area contributed by atoms with E-state index in [1.807, 2.05) is 49.4 Å². The molecule has 0 saturated carbocycles. The Balaban J connectivity index is 1.66. The highest BCUT2D eigenvalue weighted by Crippen LogP contribution is 2.33. The number of piperazine rings is 1. The summed E-state index contributed by atoms with van der Waals surface area (Å²) in [6.45, 7) is 7.66. The number of rotatable bonds is 5. The first-order valence-electron chi connectivity index (χ1n) is 10.7. The molecule has 0 aromatic heterocycles. The molecular formula is C25H28ClN3O2. The number of likely N-dealkylation sites (N-methyl/N-ethyl adjacent to an activating group) is 1. The highest BCUT2D eigenvalue weighted by atomic mass is 35.5. The molecule has 0 spiro atoms. The number of imide groups is 1. The van der Waals surface area contributed by atoms with E-state index in [2.05, 4.69) is 23.8 Å². The molecular weight excluding hydrogens is 410 g/mol. The lowest BCUT2D eigenvalue weighted by Gasteiger charge is -2.34. The largest absolute Gasteiger partial charge is 0.364 e. The summed E-state index contributed by atoms with van der Waals surface area (Å²) in [6, 6.07) is 13.5. The molecule has 5 nitrogen and oxygen atoms in total. The van der Waals surface area contributed by atoms with Crippen molar-refractivity contribution in [2.24, 2.45) is 0 Å². The smallest absolute Gasteiger partial charge is 0.277 e. The Hall–Kier alpha value is -2.63. The molecule has 2 aromatic rings. The second-order valence-corrected chi connectivity index (χ2v) is 8.89. The lowest BCUT2D eigenvalue weighted by Crippen LogP contribution is -2.46. The van der Waals surface area contributed by atoms with Crippen molar-refractivity contribution in [3.63, 3.8) is 0 Å². The van der Waals surface area contributed by atoms with Gasteiger partial charge < -0.3 is 9.80 Å². The van der Waals surface area contributed by atoms with E-state index in [-0.39, 0.29) is 11.8 Å². The second-order valence-electron chi connectivity index (χ2n) is 8.45. The zero-order valence-electron chi connectivity index (χ0n) is 18.3. The predicted molar refractivity (Wildman–Crippen MR) is 124 cm³/mol. The summed E-state index contributed by atoms with van der Waals surface area (Å²) in [5.74, 6) is -0.382. The van der Waals surface area contributed by atoms with E-state index in [0.29, 0.717) is 29.3 Å². The van der Waals surface area contributed by atoms with Crippen molar-refractivity contribution in [1.29, 1.82) is 0 Å². The lowest BCUT2D eigenvalue weighted by molar-refractivity contribution is -0.137. The third-order valence-corrected chi connectivity index (χ3v) is 6.55. The van der Waals surface area contributed by atoms with E-state index in [1.165, 1.54) is 10.5 Å². The Morgan fingerprint density at radius 1 is 0.871 bits per heavy atom. The summed E-state index contributed by atoms with van der Waals surface area (Å²) in [7, 11) is 2.08. The average Bonchev–Trinajstić information content (AvgIpc) is 3.00. The highest BCUT2D eigenvalue weighted by Gasteiger charge is 2.41. The molecule has 2 heterocycles. The maximum Gasteiger partial charge on any atom is 0.277 e. The van der Waals surface area contributed by atoms with E-state index >= 15 is 0 Å². The van der Waals surface area contributed by atoms with E-state index in [0.717, 1.165) is 42.9 Å². The van der Waals surface area contributed by atoms with Crippen LogP contribution in [0.1, 0.15) is 22.3 Å². The molecule has 6 heteroatoms. The van der Waals surface area contributed by atoms with Crippen molar-refractivity contribution in [2.45, 2.75) is 20.3 Å². The molecule has 0 unspecified atom stereocenters. The van der Waals surface area contributed by atoms with Crippen LogP contribution in [0.3, 0.4) is 0 Å². The zero-order valence-corrected chi connectivity index (χ0v) is 19.1. The monoisotopic (exact) mass is 437 g/mol. The Labute approximate surface area is 188 Å². The lowest BCUT2D eigenvalue weighted by atomic mass is 9.99. The molecule has 0 aliphatic carbocycles. The molecule has 31 heavy (non-hydrogen) atoms. The number of aryl methyl sites for hydroxylation is 2. The van der Waals surface area contributed by atoms with Crippen LogP contribution in [0.2, 0.25) is 5.02 Å². The van der Waals surface area contributed by atoms with Crippen LogP contribution in [0.25, 0.3) is 5.57 Å². The van der Waals surface area contributed by atoms with Crippen LogP contribution in [-0.2, 0) is 16.0 Å². The Bertz CT molecular complexity index is 1040. The molecule has 0 bridgehead atoms. The fourth-order valence-electron chi connectivity index (χ4n) is 4.14. The Morgan fingerprint density at radius 3 is 2.19 bits per heavy atom. The number of hydrogen-bond donors (Lipinski definition) is 0. The standard InChI is InChI=1S/C25H28ClN3O2/c1-17-4-7-20(16-18(17)2)22-23(28-14-12-27(3)13-15-28)25(31)29(24(22)30)11-10-19-5-8-21(26)9-6-19/h4-9,16H,10-15H2,1-3H3. The van der Waals surface area contributed by atoms with Crippen molar-refractivity contribution >= 4 is 29.0 Å². The minimum Gasteiger partial charge on any atom is -0.364 e. The topological polar surface area (TPSA) is 43.9 Å². The van der Waals surface area contributed by atoms with Gasteiger partial charge in [-0.2, -0.15) is 0 Å². The number of amides is 2. The van der Waals surface area contributed by atoms with Crippen molar-refractivity contribution in [1.82, 2.24) is 14.7 Å². The van der Waals surface area contributed by atoms with Gasteiger partial charge in [-0.05, 0) is 61.7 Å². The van der Waals surface area contributed by atoms with Crippen molar-refractivity contribution in [3.8, 4) is 0 Å². The van der Waals surface area contributed by atoms with Crippen LogP contribution in [0.5, 0.6) is 0 Å². The van der Waals surface area contributed by atoms with Gasteiger partial charge in [0.1, 0.15) is 5.70 Å². The first-order valence-corrected chi connectivity index (χ1v) is 11.1. The Morgan fingerprint density at radius 2 is 1.55 bits per heavy atom. The molecule has 162 valence electrons. The Kier molecular flexibility index (Phi) is 6.17. The van der Waals surface area contributed by atoms with E-state index in [9.17, 15) is 9.59 Å². The summed E-state index contributed by atoms with van der Waals surface area (Å²) in [5.41, 5.74) is 5.24. The van der Waals surface area contributed by atoms with Gasteiger partial charge in [-0.1, -0.05) is 41.9 Å². The van der Waals surface area contributed by atoms with Crippen LogP contribution in [-0.4, -0.2) is 66.3 Å². The minimum absolute atomic E-state index is 0.184. The summed E-state index contributed by atoms with van der Waals surface area (Å²) in [5, 5.41) is 0.674. The van der Waals surface area contributed by atoms with Gasteiger partial charge in [-0.15, -0.1) is 0 Å². The van der Waals surface area contributed by atoms with Crippen LogP contribution in [0.4, 0.5) is 0 Å². The molecule has 2 aromatic carbocycles. The number of hydrogen-bond acceptors (Lipinski definition) is 4. The molecule has 2 aliphatic heterocycles. The van der Waals surface area contributed by atoms with Gasteiger partial charge in [0.2, 0.25) is 0 Å². The first kappa shape index (κ1) is 21.6. The van der Waals surface area contributed by atoms with E-state index < -0.39 is 0 Å². The van der Waals surface area contributed by atoms with Gasteiger partial charge >= 0.3 is 0 Å². The minimum atomic E-state index is -0.198. The van der Waals surface area contributed by atoms with Crippen molar-refractivity contribution in [3.05, 3.63) is 75.4 Å². The average molecular weight is 438 g/mol. The number of nitrogens with zero attached hydrogens (tertiary/aromatic N) is 3. The fraction of sp³-hybridized carbons (Fsp3) is 0.360. The van der Waals surface area contributed by atoms with Crippen LogP contribution >= 0.6 is 11.6 Å². The van der Waals surface area contributed by atoms with Crippen LogP contribution < -0.4 is 0 Å². The maximum absolute atomic E-state index is 13.5. The molecule has 2 aliphatic rings. The summed E-state index contributed by atoms with van der Waals surface area (Å²) < 4.78 is 0. The highest BCUT2D eigenvalue weighted by molar-refractivity contribution is 6.35. The van der Waals surface area contributed by atoms with Gasteiger partial charge in [0, 0.05) is 37.7 Å². The molecule has 0 N–H and O–H groups in total. The quantitative estimate of drug-likeness (QED) is 0.671. The summed E-state index contributed by atoms with van der Waals surface area (Å²) >= 11 is 5.98. The fourth-order valence-corrected chi connectivity index (χ4v) is 4.26. The summed E-state index contributed by atoms with van der Waals surface area (Å²) in [4.78, 5) is 32.7. The van der Waals surface area contributed by atoms with Gasteiger partial charge in [-0.25, -0.2) is 0 Å². The van der Waals surface area contributed by atoms with Crippen LogP contribution in [0.15, 0.2) is 48.2 Å². The second kappa shape index (κ2) is 8.85. The van der Waals surface area contributed by atoms with Crippen molar-refractivity contribution in [2.75, 3.05) is 39.8 Å². The molecule has 0 radical (unpaired) electrons. The first-order chi connectivity index (χ1) is 14.8. The molecule has 2 amide bonds. The number of benzene rings is 2. The third kappa shape index (κ3) is 4.39. The van der Waals surface area contributed by atoms with E-state index in [4.69, 9.17) is 11.6 Å². The SMILES string of the molecule is Cc1ccc(C2=C(N3CCN(C)CC3)C(=O)N(CCc3ccc(Cl)cc3)C2=O)cc1C. The van der Waals surface area contributed by atoms with Gasteiger partial charge in [0.15, 0.2) is 0 Å².